The first-order valence-corrected chi connectivity index (χ1v) is 11.1. The summed E-state index contributed by atoms with van der Waals surface area (Å²) in [5, 5.41) is 13.0. The van der Waals surface area contributed by atoms with Gasteiger partial charge in [0.1, 0.15) is 11.5 Å². The lowest BCUT2D eigenvalue weighted by molar-refractivity contribution is 0.0994. The fraction of sp³-hybridized carbons (Fsp3) is 0.207. The predicted molar refractivity (Wildman–Crippen MR) is 133 cm³/mol. The van der Waals surface area contributed by atoms with Crippen molar-refractivity contribution in [1.82, 2.24) is 0 Å². The predicted octanol–water partition coefficient (Wildman–Crippen LogP) is 7.04. The van der Waals surface area contributed by atoms with Crippen molar-refractivity contribution in [3.8, 4) is 16.9 Å². The van der Waals surface area contributed by atoms with Gasteiger partial charge in [-0.25, -0.2) is 0 Å². The molecule has 1 aromatic heterocycles. The van der Waals surface area contributed by atoms with Crippen molar-refractivity contribution in [1.29, 1.82) is 0 Å². The first-order chi connectivity index (χ1) is 15.8. The molecule has 4 heteroatoms. The van der Waals surface area contributed by atoms with E-state index in [1.165, 1.54) is 33.4 Å². The Hall–Kier alpha value is -3.79. The van der Waals surface area contributed by atoms with Gasteiger partial charge in [0.05, 0.1) is 5.69 Å². The number of anilines is 1. The van der Waals surface area contributed by atoms with Gasteiger partial charge in [0, 0.05) is 6.42 Å². The molecular formula is C29H29NO3. The van der Waals surface area contributed by atoms with E-state index in [2.05, 4.69) is 39.9 Å². The van der Waals surface area contributed by atoms with Crippen molar-refractivity contribution >= 4 is 11.6 Å². The number of furan rings is 1. The Balaban J connectivity index is 1.55. The summed E-state index contributed by atoms with van der Waals surface area (Å²) in [7, 11) is 0. The Labute approximate surface area is 194 Å². The Bertz CT molecular complexity index is 1300. The van der Waals surface area contributed by atoms with Gasteiger partial charge in [0.2, 0.25) is 0 Å². The lowest BCUT2D eigenvalue weighted by atomic mass is 9.88. The third-order valence-corrected chi connectivity index (χ3v) is 6.74. The minimum Gasteiger partial charge on any atom is -0.506 e. The molecule has 0 saturated heterocycles. The quantitative estimate of drug-likeness (QED) is 0.328. The van der Waals surface area contributed by atoms with Gasteiger partial charge >= 0.3 is 0 Å². The fourth-order valence-corrected chi connectivity index (χ4v) is 4.24. The number of phenols is 1. The highest BCUT2D eigenvalue weighted by molar-refractivity contribution is 6.03. The monoisotopic (exact) mass is 439 g/mol. The molecule has 3 aromatic carbocycles. The molecule has 0 atom stereocenters. The summed E-state index contributed by atoms with van der Waals surface area (Å²) >= 11 is 0. The highest BCUT2D eigenvalue weighted by Gasteiger charge is 2.17. The Morgan fingerprint density at radius 2 is 1.42 bits per heavy atom. The third-order valence-electron chi connectivity index (χ3n) is 6.74. The van der Waals surface area contributed by atoms with Crippen LogP contribution in [0.3, 0.4) is 0 Å². The smallest absolute Gasteiger partial charge is 0.291 e. The average Bonchev–Trinajstić information content (AvgIpc) is 3.30. The molecule has 0 saturated carbocycles. The number of hydrogen-bond donors (Lipinski definition) is 2. The average molecular weight is 440 g/mol. The summed E-state index contributed by atoms with van der Waals surface area (Å²) in [4.78, 5) is 12.9. The van der Waals surface area contributed by atoms with Gasteiger partial charge < -0.3 is 14.8 Å². The van der Waals surface area contributed by atoms with Crippen LogP contribution in [0.25, 0.3) is 11.1 Å². The van der Waals surface area contributed by atoms with Crippen LogP contribution in [0.1, 0.15) is 49.7 Å². The Morgan fingerprint density at radius 3 is 2.09 bits per heavy atom. The van der Waals surface area contributed by atoms with Crippen molar-refractivity contribution in [3.05, 3.63) is 106 Å². The van der Waals surface area contributed by atoms with Crippen LogP contribution in [0.15, 0.2) is 65.1 Å². The summed E-state index contributed by atoms with van der Waals surface area (Å²) in [5.74, 6) is 0.555. The van der Waals surface area contributed by atoms with Gasteiger partial charge in [-0.3, -0.25) is 4.79 Å². The lowest BCUT2D eigenvalue weighted by Gasteiger charge is -2.18. The molecule has 0 bridgehead atoms. The molecule has 0 spiro atoms. The molecule has 1 heterocycles. The van der Waals surface area contributed by atoms with Crippen molar-refractivity contribution in [2.24, 2.45) is 0 Å². The van der Waals surface area contributed by atoms with Crippen LogP contribution in [-0.2, 0) is 6.42 Å². The molecule has 0 fully saturated rings. The molecule has 0 unspecified atom stereocenters. The van der Waals surface area contributed by atoms with E-state index in [1.807, 2.05) is 42.5 Å². The molecule has 0 aliphatic rings. The summed E-state index contributed by atoms with van der Waals surface area (Å²) in [6, 6.07) is 18.5. The number of rotatable bonds is 5. The van der Waals surface area contributed by atoms with Gasteiger partial charge in [0.25, 0.3) is 5.91 Å². The minimum atomic E-state index is -0.397. The summed E-state index contributed by atoms with van der Waals surface area (Å²) in [5.41, 5.74) is 9.94. The number of amides is 1. The first kappa shape index (κ1) is 22.4. The van der Waals surface area contributed by atoms with Gasteiger partial charge in [-0.1, -0.05) is 36.4 Å². The van der Waals surface area contributed by atoms with E-state index < -0.39 is 5.91 Å². The summed E-state index contributed by atoms with van der Waals surface area (Å²) in [6.07, 6.45) is 0.627. The number of benzene rings is 3. The largest absolute Gasteiger partial charge is 0.506 e. The zero-order chi connectivity index (χ0) is 23.7. The third kappa shape index (κ3) is 4.42. The van der Waals surface area contributed by atoms with E-state index in [9.17, 15) is 9.90 Å². The maximum Gasteiger partial charge on any atom is 0.291 e. The van der Waals surface area contributed by atoms with Crippen LogP contribution in [0, 0.1) is 34.6 Å². The van der Waals surface area contributed by atoms with E-state index in [4.69, 9.17) is 4.42 Å². The number of carbonyl (C=O) groups excluding carboxylic acids is 1. The zero-order valence-electron chi connectivity index (χ0n) is 19.7. The molecule has 0 radical (unpaired) electrons. The normalized spacial score (nSPS) is 10.9. The highest BCUT2D eigenvalue weighted by Crippen LogP contribution is 2.31. The lowest BCUT2D eigenvalue weighted by Crippen LogP contribution is -2.11. The van der Waals surface area contributed by atoms with Gasteiger partial charge in [-0.2, -0.15) is 0 Å². The van der Waals surface area contributed by atoms with Crippen LogP contribution in [0.5, 0.6) is 5.75 Å². The van der Waals surface area contributed by atoms with Crippen LogP contribution in [0.4, 0.5) is 5.69 Å². The molecule has 2 N–H and O–H groups in total. The van der Waals surface area contributed by atoms with Crippen LogP contribution in [0.2, 0.25) is 0 Å². The summed E-state index contributed by atoms with van der Waals surface area (Å²) < 4.78 is 5.90. The number of aromatic hydroxyl groups is 1. The van der Waals surface area contributed by atoms with Gasteiger partial charge in [-0.15, -0.1) is 0 Å². The van der Waals surface area contributed by atoms with E-state index >= 15 is 0 Å². The molecule has 4 nitrogen and oxygen atoms in total. The molecule has 1 amide bonds. The maximum absolute atomic E-state index is 12.9. The second-order valence-electron chi connectivity index (χ2n) is 8.60. The fourth-order valence-electron chi connectivity index (χ4n) is 4.24. The second-order valence-corrected chi connectivity index (χ2v) is 8.60. The van der Waals surface area contributed by atoms with E-state index in [0.717, 1.165) is 16.9 Å². The molecule has 33 heavy (non-hydrogen) atoms. The Kier molecular flexibility index (Phi) is 6.10. The topological polar surface area (TPSA) is 62.5 Å². The van der Waals surface area contributed by atoms with Crippen molar-refractivity contribution in [3.63, 3.8) is 0 Å². The summed E-state index contributed by atoms with van der Waals surface area (Å²) in [6.45, 7) is 10.7. The van der Waals surface area contributed by atoms with Crippen LogP contribution in [-0.4, -0.2) is 11.0 Å². The number of nitrogens with one attached hydrogen (secondary N) is 1. The number of phenolic OH excluding ortho intramolecular Hbond substituents is 1. The molecule has 4 aromatic rings. The minimum absolute atomic E-state index is 0.00617. The van der Waals surface area contributed by atoms with Crippen LogP contribution >= 0.6 is 0 Å². The molecule has 0 aliphatic heterocycles. The van der Waals surface area contributed by atoms with E-state index in [0.29, 0.717) is 12.1 Å². The van der Waals surface area contributed by atoms with Crippen LogP contribution < -0.4 is 5.32 Å². The van der Waals surface area contributed by atoms with Gasteiger partial charge in [-0.05, 0) is 103 Å². The highest BCUT2D eigenvalue weighted by atomic mass is 16.3. The van der Waals surface area contributed by atoms with Crippen molar-refractivity contribution in [2.75, 3.05) is 5.32 Å². The second kappa shape index (κ2) is 8.99. The molecule has 4 rings (SSSR count). The van der Waals surface area contributed by atoms with Crippen molar-refractivity contribution in [2.45, 2.75) is 41.0 Å². The van der Waals surface area contributed by atoms with E-state index in [1.54, 1.807) is 18.2 Å². The number of carbonyl (C=O) groups is 1. The SMILES string of the molecule is Cc1c(C)c(C)c(Cc2ccc(C(=O)Nc3cc(-c4ccccc4)ccc3O)o2)c(C)c1C. The van der Waals surface area contributed by atoms with Gasteiger partial charge in [0.15, 0.2) is 5.76 Å². The van der Waals surface area contributed by atoms with E-state index in [-0.39, 0.29) is 11.5 Å². The number of hydrogen-bond acceptors (Lipinski definition) is 3. The Morgan fingerprint density at radius 1 is 0.788 bits per heavy atom. The molecule has 0 aliphatic carbocycles. The van der Waals surface area contributed by atoms with Crippen molar-refractivity contribution < 1.29 is 14.3 Å². The maximum atomic E-state index is 12.9. The molecular weight excluding hydrogens is 410 g/mol. The zero-order valence-corrected chi connectivity index (χ0v) is 19.7. The standard InChI is InChI=1S/C29H29NO3/c1-17-18(2)20(4)25(21(5)19(17)3)16-24-12-14-28(33-24)29(32)30-26-15-23(11-13-27(26)31)22-9-7-6-8-10-22/h6-15,31H,16H2,1-5H3,(H,30,32). The molecule has 168 valence electrons. The first-order valence-electron chi connectivity index (χ1n) is 11.1.